The minimum atomic E-state index is -4.55. The third-order valence-electron chi connectivity index (χ3n) is 6.16. The molecule has 4 nitrogen and oxygen atoms in total. The van der Waals surface area contributed by atoms with Crippen molar-refractivity contribution in [2.45, 2.75) is 52.3 Å². The average Bonchev–Trinajstić information content (AvgIpc) is 3.09. The van der Waals surface area contributed by atoms with Crippen molar-refractivity contribution in [3.8, 4) is 0 Å². The number of esters is 2. The summed E-state index contributed by atoms with van der Waals surface area (Å²) in [5.74, 6) is -3.67. The second-order valence-electron chi connectivity index (χ2n) is 7.64. The van der Waals surface area contributed by atoms with Gasteiger partial charge in [-0.3, -0.25) is 9.59 Å². The largest absolute Gasteiger partial charge is 0.464 e. The summed E-state index contributed by atoms with van der Waals surface area (Å²) < 4.78 is 51.6. The van der Waals surface area contributed by atoms with Gasteiger partial charge in [0.05, 0.1) is 11.3 Å². The summed E-state index contributed by atoms with van der Waals surface area (Å²) in [7, 11) is 0. The van der Waals surface area contributed by atoms with Gasteiger partial charge in [-0.1, -0.05) is 6.92 Å². The van der Waals surface area contributed by atoms with Crippen LogP contribution in [0.25, 0.3) is 0 Å². The van der Waals surface area contributed by atoms with E-state index < -0.39 is 59.4 Å². The molecule has 23 heavy (non-hydrogen) atoms. The van der Waals surface area contributed by atoms with Crippen molar-refractivity contribution in [2.24, 2.45) is 28.6 Å². The first kappa shape index (κ1) is 16.6. The fraction of sp³-hybridized carbons (Fsp3) is 0.875. The highest BCUT2D eigenvalue weighted by molar-refractivity contribution is 5.78. The molecule has 5 atom stereocenters. The van der Waals surface area contributed by atoms with Gasteiger partial charge in [0.25, 0.3) is 0 Å². The van der Waals surface area contributed by atoms with Crippen molar-refractivity contribution in [3.05, 3.63) is 0 Å². The molecule has 3 rings (SSSR count). The average molecular weight is 334 g/mol. The molecule has 130 valence electrons. The van der Waals surface area contributed by atoms with E-state index in [-0.39, 0.29) is 6.42 Å². The van der Waals surface area contributed by atoms with Gasteiger partial charge in [-0.15, -0.1) is 0 Å². The molecule has 3 aliphatic rings. The van der Waals surface area contributed by atoms with Crippen LogP contribution in [0.3, 0.4) is 0 Å². The highest BCUT2D eigenvalue weighted by Crippen LogP contribution is 2.68. The lowest BCUT2D eigenvalue weighted by atomic mass is 9.66. The van der Waals surface area contributed by atoms with Gasteiger partial charge in [0.15, 0.2) is 0 Å². The second kappa shape index (κ2) is 4.86. The summed E-state index contributed by atoms with van der Waals surface area (Å²) in [4.78, 5) is 24.0. The number of cyclic esters (lactones) is 1. The summed E-state index contributed by atoms with van der Waals surface area (Å²) in [6.45, 7) is 4.62. The van der Waals surface area contributed by atoms with Crippen molar-refractivity contribution in [3.63, 3.8) is 0 Å². The monoisotopic (exact) mass is 334 g/mol. The molecule has 0 aromatic heterocycles. The van der Waals surface area contributed by atoms with Gasteiger partial charge in [0.2, 0.25) is 0 Å². The van der Waals surface area contributed by atoms with E-state index in [1.165, 1.54) is 0 Å². The zero-order valence-electron chi connectivity index (χ0n) is 13.4. The van der Waals surface area contributed by atoms with Crippen LogP contribution >= 0.6 is 0 Å². The van der Waals surface area contributed by atoms with Gasteiger partial charge >= 0.3 is 18.1 Å². The van der Waals surface area contributed by atoms with Gasteiger partial charge in [0, 0.05) is 5.92 Å². The molecular formula is C16H21F3O4. The summed E-state index contributed by atoms with van der Waals surface area (Å²) in [5.41, 5.74) is -2.91. The zero-order valence-corrected chi connectivity index (χ0v) is 13.4. The van der Waals surface area contributed by atoms with Crippen LogP contribution in [0.15, 0.2) is 0 Å². The van der Waals surface area contributed by atoms with E-state index in [0.29, 0.717) is 12.8 Å². The molecule has 2 saturated carbocycles. The lowest BCUT2D eigenvalue weighted by Gasteiger charge is -2.41. The van der Waals surface area contributed by atoms with Crippen LogP contribution < -0.4 is 0 Å². The number of halogens is 3. The number of rotatable bonds is 3. The summed E-state index contributed by atoms with van der Waals surface area (Å²) >= 11 is 0. The standard InChI is InChI=1S/C16H21F3O4/c1-4-14(2,3)13(21)23-10-6-8-5-9(10)15(16(17,18)19)7-22-12(20)11(8)15/h8-11H,4-7H2,1-3H3. The van der Waals surface area contributed by atoms with E-state index in [4.69, 9.17) is 9.47 Å². The maximum absolute atomic E-state index is 13.8. The molecular weight excluding hydrogens is 313 g/mol. The minimum absolute atomic E-state index is 0.268. The number of carbonyl (C=O) groups is 2. The van der Waals surface area contributed by atoms with E-state index in [2.05, 4.69) is 0 Å². The maximum atomic E-state index is 13.8. The maximum Gasteiger partial charge on any atom is 0.399 e. The molecule has 3 fully saturated rings. The molecule has 0 spiro atoms. The van der Waals surface area contributed by atoms with Crippen LogP contribution in [0.2, 0.25) is 0 Å². The molecule has 0 aromatic rings. The highest BCUT2D eigenvalue weighted by atomic mass is 19.4. The highest BCUT2D eigenvalue weighted by Gasteiger charge is 2.78. The smallest absolute Gasteiger partial charge is 0.399 e. The molecule has 5 unspecified atom stereocenters. The minimum Gasteiger partial charge on any atom is -0.464 e. The van der Waals surface area contributed by atoms with Crippen LogP contribution in [0.1, 0.15) is 40.0 Å². The lowest BCUT2D eigenvalue weighted by molar-refractivity contribution is -0.262. The van der Waals surface area contributed by atoms with Crippen LogP contribution in [0.4, 0.5) is 13.2 Å². The Morgan fingerprint density at radius 2 is 2.00 bits per heavy atom. The fourth-order valence-corrected chi connectivity index (χ4v) is 4.42. The second-order valence-corrected chi connectivity index (χ2v) is 7.64. The quantitative estimate of drug-likeness (QED) is 0.744. The number of carbonyl (C=O) groups excluding carboxylic acids is 2. The van der Waals surface area contributed by atoms with Gasteiger partial charge < -0.3 is 9.47 Å². The molecule has 2 aliphatic carbocycles. The zero-order chi connectivity index (χ0) is 17.2. The predicted molar refractivity (Wildman–Crippen MR) is 73.1 cm³/mol. The van der Waals surface area contributed by atoms with Crippen molar-refractivity contribution in [1.29, 1.82) is 0 Å². The molecule has 1 aliphatic heterocycles. The van der Waals surface area contributed by atoms with Gasteiger partial charge in [0.1, 0.15) is 18.1 Å². The third kappa shape index (κ3) is 2.11. The van der Waals surface area contributed by atoms with E-state index in [9.17, 15) is 22.8 Å². The summed E-state index contributed by atoms with van der Waals surface area (Å²) in [6, 6.07) is 0. The Labute approximate surface area is 132 Å². The number of fused-ring (bicyclic) bond motifs is 5. The van der Waals surface area contributed by atoms with Crippen LogP contribution in [0, 0.1) is 28.6 Å². The van der Waals surface area contributed by atoms with Crippen LogP contribution in [0.5, 0.6) is 0 Å². The molecule has 1 saturated heterocycles. The molecule has 1 heterocycles. The molecule has 0 radical (unpaired) electrons. The molecule has 0 aromatic carbocycles. The van der Waals surface area contributed by atoms with Crippen molar-refractivity contribution in [2.75, 3.05) is 6.61 Å². The third-order valence-corrected chi connectivity index (χ3v) is 6.16. The molecule has 2 bridgehead atoms. The lowest BCUT2D eigenvalue weighted by Crippen LogP contribution is -2.53. The Morgan fingerprint density at radius 3 is 2.57 bits per heavy atom. The topological polar surface area (TPSA) is 52.6 Å². The summed E-state index contributed by atoms with van der Waals surface area (Å²) in [5, 5.41) is 0. The normalized spacial score (nSPS) is 39.3. The Kier molecular flexibility index (Phi) is 3.51. The number of hydrogen-bond donors (Lipinski definition) is 0. The fourth-order valence-electron chi connectivity index (χ4n) is 4.42. The first-order valence-corrected chi connectivity index (χ1v) is 7.99. The Hall–Kier alpha value is -1.27. The van der Waals surface area contributed by atoms with E-state index >= 15 is 0 Å². The first-order chi connectivity index (χ1) is 10.5. The number of ether oxygens (including phenoxy) is 2. The van der Waals surface area contributed by atoms with Crippen molar-refractivity contribution < 1.29 is 32.2 Å². The number of alkyl halides is 3. The molecule has 7 heteroatoms. The van der Waals surface area contributed by atoms with Crippen molar-refractivity contribution >= 4 is 11.9 Å². The van der Waals surface area contributed by atoms with Gasteiger partial charge in [-0.05, 0) is 39.0 Å². The van der Waals surface area contributed by atoms with Crippen LogP contribution in [-0.2, 0) is 19.1 Å². The molecule has 0 N–H and O–H groups in total. The Bertz CT molecular complexity index is 542. The predicted octanol–water partition coefficient (Wildman–Crippen LogP) is 3.10. The SMILES string of the molecule is CCC(C)(C)C(=O)OC1CC2CC1C1(C(F)(F)F)COC(=O)C21. The molecule has 0 amide bonds. The van der Waals surface area contributed by atoms with Gasteiger partial charge in [-0.25, -0.2) is 0 Å². The van der Waals surface area contributed by atoms with Crippen LogP contribution in [-0.4, -0.2) is 30.8 Å². The number of hydrogen-bond acceptors (Lipinski definition) is 4. The Morgan fingerprint density at radius 1 is 1.35 bits per heavy atom. The van der Waals surface area contributed by atoms with E-state index in [0.717, 1.165) is 0 Å². The van der Waals surface area contributed by atoms with Crippen molar-refractivity contribution in [1.82, 2.24) is 0 Å². The first-order valence-electron chi connectivity index (χ1n) is 7.99. The van der Waals surface area contributed by atoms with E-state index in [1.54, 1.807) is 13.8 Å². The van der Waals surface area contributed by atoms with Gasteiger partial charge in [-0.2, -0.15) is 13.2 Å². The Balaban J connectivity index is 1.87. The summed E-state index contributed by atoms with van der Waals surface area (Å²) in [6.07, 6.45) is -4.21. The van der Waals surface area contributed by atoms with E-state index in [1.807, 2.05) is 6.92 Å².